The Hall–Kier alpha value is -4.44. The van der Waals surface area contributed by atoms with Gasteiger partial charge in [0.25, 0.3) is 5.69 Å². The molecular formula is C27H31N5O5. The summed E-state index contributed by atoms with van der Waals surface area (Å²) in [5.74, 6) is 0.232. The molecule has 3 amide bonds. The van der Waals surface area contributed by atoms with Crippen LogP contribution < -0.4 is 26.4 Å². The molecular weight excluding hydrogens is 474 g/mol. The van der Waals surface area contributed by atoms with Gasteiger partial charge in [-0.25, -0.2) is 4.79 Å². The summed E-state index contributed by atoms with van der Waals surface area (Å²) in [7, 11) is 0. The number of ether oxygens (including phenoxy) is 1. The van der Waals surface area contributed by atoms with Gasteiger partial charge in [-0.1, -0.05) is 29.8 Å². The number of carbonyl (C=O) groups is 2. The summed E-state index contributed by atoms with van der Waals surface area (Å²) in [6, 6.07) is 19.1. The van der Waals surface area contributed by atoms with E-state index >= 15 is 0 Å². The van der Waals surface area contributed by atoms with Crippen LogP contribution in [0.3, 0.4) is 0 Å². The van der Waals surface area contributed by atoms with Crippen molar-refractivity contribution >= 4 is 29.0 Å². The maximum Gasteiger partial charge on any atom is 0.319 e. The second kappa shape index (κ2) is 13.6. The molecule has 3 aromatic rings. The van der Waals surface area contributed by atoms with Crippen molar-refractivity contribution in [2.45, 2.75) is 38.8 Å². The van der Waals surface area contributed by atoms with E-state index in [-0.39, 0.29) is 18.2 Å². The lowest BCUT2D eigenvalue weighted by Gasteiger charge is -2.19. The highest BCUT2D eigenvalue weighted by molar-refractivity contribution is 5.99. The molecule has 0 aromatic heterocycles. The SMILES string of the molecule is Cc1ccc(NC(=O)[C@H](CCCCN)NC(=O)Nc2ccc(OCc3cccc([N+](=O)[O-])c3)cc2)cc1. The van der Waals surface area contributed by atoms with E-state index in [9.17, 15) is 19.7 Å². The van der Waals surface area contributed by atoms with E-state index in [0.29, 0.717) is 42.1 Å². The third-order valence-corrected chi connectivity index (χ3v) is 5.53. The summed E-state index contributed by atoms with van der Waals surface area (Å²) in [6.45, 7) is 2.63. The molecule has 10 nitrogen and oxygen atoms in total. The number of anilines is 2. The Bertz CT molecular complexity index is 1200. The number of benzene rings is 3. The van der Waals surface area contributed by atoms with Crippen molar-refractivity contribution in [2.75, 3.05) is 17.2 Å². The summed E-state index contributed by atoms with van der Waals surface area (Å²) in [5.41, 5.74) is 8.50. The number of nitro benzene ring substituents is 1. The van der Waals surface area contributed by atoms with Crippen LogP contribution in [0.2, 0.25) is 0 Å². The van der Waals surface area contributed by atoms with Crippen LogP contribution in [0.4, 0.5) is 21.9 Å². The highest BCUT2D eigenvalue weighted by atomic mass is 16.6. The molecule has 1 atom stereocenters. The first kappa shape index (κ1) is 27.2. The summed E-state index contributed by atoms with van der Waals surface area (Å²) in [6.07, 6.45) is 1.89. The van der Waals surface area contributed by atoms with Crippen LogP contribution in [0, 0.1) is 17.0 Å². The van der Waals surface area contributed by atoms with E-state index in [4.69, 9.17) is 10.5 Å². The number of nitrogens with one attached hydrogen (secondary N) is 3. The highest BCUT2D eigenvalue weighted by Crippen LogP contribution is 2.19. The Morgan fingerprint density at radius 2 is 1.65 bits per heavy atom. The van der Waals surface area contributed by atoms with E-state index in [2.05, 4.69) is 16.0 Å². The summed E-state index contributed by atoms with van der Waals surface area (Å²) < 4.78 is 5.69. The summed E-state index contributed by atoms with van der Waals surface area (Å²) >= 11 is 0. The number of hydrogen-bond donors (Lipinski definition) is 4. The molecule has 194 valence electrons. The minimum absolute atomic E-state index is 0.000499. The fourth-order valence-electron chi connectivity index (χ4n) is 3.51. The van der Waals surface area contributed by atoms with Gasteiger partial charge in [-0.2, -0.15) is 0 Å². The molecule has 37 heavy (non-hydrogen) atoms. The summed E-state index contributed by atoms with van der Waals surface area (Å²) in [4.78, 5) is 35.9. The third kappa shape index (κ3) is 8.93. The van der Waals surface area contributed by atoms with Crippen LogP contribution in [-0.4, -0.2) is 29.4 Å². The average Bonchev–Trinajstić information content (AvgIpc) is 2.89. The van der Waals surface area contributed by atoms with Gasteiger partial charge in [0.15, 0.2) is 0 Å². The first-order chi connectivity index (χ1) is 17.8. The number of unbranched alkanes of at least 4 members (excludes halogenated alkanes) is 1. The largest absolute Gasteiger partial charge is 0.489 e. The standard InChI is InChI=1S/C27H31N5O5/c1-19-8-10-21(11-9-19)29-26(33)25(7-2-3-16-28)31-27(34)30-22-12-14-24(15-13-22)37-18-20-5-4-6-23(17-20)32(35)36/h4-6,8-15,17,25H,2-3,7,16,18,28H2,1H3,(H,29,33)(H2,30,31,34)/t25-/m0/s1. The van der Waals surface area contributed by atoms with Gasteiger partial charge in [-0.3, -0.25) is 14.9 Å². The second-order valence-corrected chi connectivity index (χ2v) is 8.53. The van der Waals surface area contributed by atoms with Crippen LogP contribution in [0.1, 0.15) is 30.4 Å². The number of nitrogens with zero attached hydrogens (tertiary/aromatic N) is 1. The molecule has 10 heteroatoms. The topological polar surface area (TPSA) is 149 Å². The maximum absolute atomic E-state index is 12.8. The first-order valence-corrected chi connectivity index (χ1v) is 12.0. The Balaban J connectivity index is 1.54. The van der Waals surface area contributed by atoms with Crippen LogP contribution in [0.15, 0.2) is 72.8 Å². The lowest BCUT2D eigenvalue weighted by Crippen LogP contribution is -2.45. The molecule has 5 N–H and O–H groups in total. The van der Waals surface area contributed by atoms with Gasteiger partial charge in [0.05, 0.1) is 4.92 Å². The molecule has 0 spiro atoms. The van der Waals surface area contributed by atoms with Crippen molar-refractivity contribution in [3.8, 4) is 5.75 Å². The van der Waals surface area contributed by atoms with Gasteiger partial charge in [0.1, 0.15) is 18.4 Å². The molecule has 0 heterocycles. The Labute approximate surface area is 215 Å². The van der Waals surface area contributed by atoms with Gasteiger partial charge >= 0.3 is 6.03 Å². The predicted octanol–water partition coefficient (Wildman–Crippen LogP) is 4.74. The number of aryl methyl sites for hydroxylation is 1. The zero-order chi connectivity index (χ0) is 26.6. The predicted molar refractivity (Wildman–Crippen MR) is 143 cm³/mol. The monoisotopic (exact) mass is 505 g/mol. The molecule has 0 aliphatic heterocycles. The number of urea groups is 1. The first-order valence-electron chi connectivity index (χ1n) is 12.0. The minimum atomic E-state index is -0.731. The molecule has 0 bridgehead atoms. The lowest BCUT2D eigenvalue weighted by molar-refractivity contribution is -0.384. The number of rotatable bonds is 12. The zero-order valence-electron chi connectivity index (χ0n) is 20.6. The van der Waals surface area contributed by atoms with Crippen LogP contribution in [0.5, 0.6) is 5.75 Å². The molecule has 3 rings (SSSR count). The molecule has 0 aliphatic carbocycles. The van der Waals surface area contributed by atoms with Gasteiger partial charge in [0, 0.05) is 23.5 Å². The lowest BCUT2D eigenvalue weighted by atomic mass is 10.1. The van der Waals surface area contributed by atoms with E-state index in [1.807, 2.05) is 31.2 Å². The van der Waals surface area contributed by atoms with Gasteiger partial charge in [0.2, 0.25) is 5.91 Å². The molecule has 0 radical (unpaired) electrons. The number of non-ortho nitro benzene ring substituents is 1. The molecule has 3 aromatic carbocycles. The molecule has 0 saturated carbocycles. The van der Waals surface area contributed by atoms with Gasteiger partial charge < -0.3 is 26.4 Å². The Morgan fingerprint density at radius 1 is 0.973 bits per heavy atom. The van der Waals surface area contributed by atoms with Crippen molar-refractivity contribution < 1.29 is 19.2 Å². The van der Waals surface area contributed by atoms with E-state index in [1.54, 1.807) is 36.4 Å². The van der Waals surface area contributed by atoms with Crippen LogP contribution in [-0.2, 0) is 11.4 Å². The van der Waals surface area contributed by atoms with Crippen molar-refractivity contribution in [3.05, 3.63) is 94.0 Å². The number of amides is 3. The number of nitro groups is 1. The minimum Gasteiger partial charge on any atom is -0.489 e. The van der Waals surface area contributed by atoms with Crippen LogP contribution >= 0.6 is 0 Å². The molecule has 0 aliphatic rings. The second-order valence-electron chi connectivity index (χ2n) is 8.53. The van der Waals surface area contributed by atoms with E-state index in [0.717, 1.165) is 12.0 Å². The van der Waals surface area contributed by atoms with Crippen molar-refractivity contribution in [2.24, 2.45) is 5.73 Å². The van der Waals surface area contributed by atoms with Crippen molar-refractivity contribution in [1.82, 2.24) is 5.32 Å². The van der Waals surface area contributed by atoms with E-state index < -0.39 is 17.0 Å². The fourth-order valence-corrected chi connectivity index (χ4v) is 3.51. The molecule has 0 unspecified atom stereocenters. The number of hydrogen-bond acceptors (Lipinski definition) is 6. The zero-order valence-corrected chi connectivity index (χ0v) is 20.6. The van der Waals surface area contributed by atoms with Gasteiger partial charge in [-0.05, 0) is 74.7 Å². The molecule has 0 fully saturated rings. The highest BCUT2D eigenvalue weighted by Gasteiger charge is 2.20. The van der Waals surface area contributed by atoms with Crippen LogP contribution in [0.25, 0.3) is 0 Å². The number of nitrogens with two attached hydrogens (primary N) is 1. The Morgan fingerprint density at radius 3 is 2.32 bits per heavy atom. The van der Waals surface area contributed by atoms with Gasteiger partial charge in [-0.15, -0.1) is 0 Å². The normalized spacial score (nSPS) is 11.3. The number of carbonyl (C=O) groups excluding carboxylic acids is 2. The van der Waals surface area contributed by atoms with E-state index in [1.165, 1.54) is 12.1 Å². The average molecular weight is 506 g/mol. The maximum atomic E-state index is 12.8. The quantitative estimate of drug-likeness (QED) is 0.159. The van der Waals surface area contributed by atoms with Crippen molar-refractivity contribution in [1.29, 1.82) is 0 Å². The molecule has 0 saturated heterocycles. The van der Waals surface area contributed by atoms with Crippen molar-refractivity contribution in [3.63, 3.8) is 0 Å². The third-order valence-electron chi connectivity index (χ3n) is 5.53. The fraction of sp³-hybridized carbons (Fsp3) is 0.259. The Kier molecular flexibility index (Phi) is 9.98. The summed E-state index contributed by atoms with van der Waals surface area (Å²) in [5, 5.41) is 19.2. The smallest absolute Gasteiger partial charge is 0.319 e.